The van der Waals surface area contributed by atoms with Crippen molar-refractivity contribution in [2.24, 2.45) is 0 Å². The lowest BCUT2D eigenvalue weighted by Gasteiger charge is -2.26. The Morgan fingerprint density at radius 2 is 1.64 bits per heavy atom. The number of urea groups is 1. The third-order valence-corrected chi connectivity index (χ3v) is 6.29. The van der Waals surface area contributed by atoms with Crippen LogP contribution in [0.15, 0.2) is 75.2 Å². The minimum absolute atomic E-state index is 0.0636. The predicted octanol–water partition coefficient (Wildman–Crippen LogP) is 4.83. The molecule has 0 saturated carbocycles. The Bertz CT molecular complexity index is 1470. The Kier molecular flexibility index (Phi) is 6.33. The van der Waals surface area contributed by atoms with Gasteiger partial charge in [-0.3, -0.25) is 14.9 Å². The molecule has 0 atom stereocenters. The first kappa shape index (κ1) is 23.8. The third kappa shape index (κ3) is 4.62. The smallest absolute Gasteiger partial charge is 0.343 e. The SMILES string of the molecule is O=C1NC(=O)N(c2ccc(Br)cc2)C(=O)/C1=C\c1cc(Br)ccc1OC(=O)c1ccc2c(c1)OCO2. The number of carbonyl (C=O) groups excluding carboxylic acids is 4. The van der Waals surface area contributed by atoms with Crippen LogP contribution in [0.1, 0.15) is 15.9 Å². The molecule has 1 saturated heterocycles. The second-order valence-electron chi connectivity index (χ2n) is 7.57. The predicted molar refractivity (Wildman–Crippen MR) is 135 cm³/mol. The lowest BCUT2D eigenvalue weighted by molar-refractivity contribution is -0.122. The lowest BCUT2D eigenvalue weighted by atomic mass is 10.1. The summed E-state index contributed by atoms with van der Waals surface area (Å²) in [6.45, 7) is 0.0636. The molecule has 36 heavy (non-hydrogen) atoms. The van der Waals surface area contributed by atoms with Crippen LogP contribution in [0.2, 0.25) is 0 Å². The van der Waals surface area contributed by atoms with Crippen LogP contribution in [0.5, 0.6) is 17.2 Å². The molecule has 4 amide bonds. The highest BCUT2D eigenvalue weighted by Gasteiger charge is 2.37. The number of benzene rings is 3. The summed E-state index contributed by atoms with van der Waals surface area (Å²) in [6.07, 6.45) is 1.27. The van der Waals surface area contributed by atoms with E-state index in [1.807, 2.05) is 0 Å². The van der Waals surface area contributed by atoms with E-state index >= 15 is 0 Å². The number of nitrogens with zero attached hydrogens (tertiary/aromatic N) is 1. The second kappa shape index (κ2) is 9.59. The van der Waals surface area contributed by atoms with Crippen molar-refractivity contribution < 1.29 is 33.4 Å². The van der Waals surface area contributed by atoms with Crippen LogP contribution in [0, 0.1) is 0 Å². The van der Waals surface area contributed by atoms with E-state index in [4.69, 9.17) is 14.2 Å². The Morgan fingerprint density at radius 3 is 2.42 bits per heavy atom. The number of hydrogen-bond acceptors (Lipinski definition) is 7. The molecule has 0 aromatic heterocycles. The molecule has 0 radical (unpaired) electrons. The largest absolute Gasteiger partial charge is 0.454 e. The maximum absolute atomic E-state index is 13.2. The van der Waals surface area contributed by atoms with Gasteiger partial charge >= 0.3 is 12.0 Å². The quantitative estimate of drug-likeness (QED) is 0.194. The highest BCUT2D eigenvalue weighted by molar-refractivity contribution is 9.10. The van der Waals surface area contributed by atoms with Crippen LogP contribution >= 0.6 is 31.9 Å². The summed E-state index contributed by atoms with van der Waals surface area (Å²) >= 11 is 6.65. The van der Waals surface area contributed by atoms with Gasteiger partial charge in [-0.25, -0.2) is 14.5 Å². The zero-order chi connectivity index (χ0) is 25.4. The van der Waals surface area contributed by atoms with Crippen molar-refractivity contribution in [3.8, 4) is 17.2 Å². The summed E-state index contributed by atoms with van der Waals surface area (Å²) in [5.74, 6) is -1.33. The number of imide groups is 2. The molecule has 9 nitrogen and oxygen atoms in total. The van der Waals surface area contributed by atoms with Gasteiger partial charge < -0.3 is 14.2 Å². The summed E-state index contributed by atoms with van der Waals surface area (Å²) in [6, 6.07) is 15.0. The molecule has 0 spiro atoms. The van der Waals surface area contributed by atoms with E-state index < -0.39 is 23.8 Å². The van der Waals surface area contributed by atoms with Crippen molar-refractivity contribution in [1.82, 2.24) is 5.32 Å². The summed E-state index contributed by atoms with van der Waals surface area (Å²) in [7, 11) is 0. The van der Waals surface area contributed by atoms with Gasteiger partial charge in [-0.2, -0.15) is 0 Å². The average molecular weight is 614 g/mol. The van der Waals surface area contributed by atoms with Crippen LogP contribution < -0.4 is 24.4 Å². The standard InChI is InChI=1S/C25H14Br2N2O7/c26-15-2-5-17(6-3-15)29-23(31)18(22(30)28-25(29)33)10-14-9-16(27)4-8-19(14)36-24(32)13-1-7-20-21(11-13)35-12-34-20/h1-11H,12H2,(H,28,30,33)/b18-10-. The topological polar surface area (TPSA) is 111 Å². The number of nitrogens with one attached hydrogen (secondary N) is 1. The van der Waals surface area contributed by atoms with Crippen molar-refractivity contribution in [2.75, 3.05) is 11.7 Å². The normalized spacial score (nSPS) is 15.8. The van der Waals surface area contributed by atoms with E-state index in [1.165, 1.54) is 24.3 Å². The van der Waals surface area contributed by atoms with Gasteiger partial charge in [0.25, 0.3) is 11.8 Å². The van der Waals surface area contributed by atoms with E-state index in [9.17, 15) is 19.2 Å². The molecule has 1 N–H and O–H groups in total. The third-order valence-electron chi connectivity index (χ3n) is 5.27. The number of fused-ring (bicyclic) bond motifs is 1. The van der Waals surface area contributed by atoms with Crippen LogP contribution in [0.4, 0.5) is 10.5 Å². The van der Waals surface area contributed by atoms with E-state index in [1.54, 1.807) is 42.5 Å². The molecule has 2 aliphatic heterocycles. The van der Waals surface area contributed by atoms with E-state index in [0.717, 1.165) is 9.37 Å². The highest BCUT2D eigenvalue weighted by atomic mass is 79.9. The number of carbonyl (C=O) groups is 4. The first-order chi connectivity index (χ1) is 17.3. The molecular weight excluding hydrogens is 600 g/mol. The number of hydrogen-bond donors (Lipinski definition) is 1. The number of amides is 4. The van der Waals surface area contributed by atoms with E-state index in [-0.39, 0.29) is 34.9 Å². The Hall–Kier alpha value is -3.96. The fraction of sp³-hybridized carbons (Fsp3) is 0.0400. The average Bonchev–Trinajstić information content (AvgIpc) is 3.32. The van der Waals surface area contributed by atoms with Crippen LogP contribution in [-0.4, -0.2) is 30.6 Å². The summed E-state index contributed by atoms with van der Waals surface area (Å²) in [4.78, 5) is 51.9. The number of esters is 1. The minimum atomic E-state index is -0.869. The molecule has 11 heteroatoms. The molecule has 0 unspecified atom stereocenters. The summed E-state index contributed by atoms with van der Waals surface area (Å²) in [5.41, 5.74) is 0.458. The van der Waals surface area contributed by atoms with Gasteiger partial charge in [0.2, 0.25) is 6.79 Å². The van der Waals surface area contributed by atoms with Crippen molar-refractivity contribution in [2.45, 2.75) is 0 Å². The molecule has 180 valence electrons. The van der Waals surface area contributed by atoms with Crippen molar-refractivity contribution in [3.63, 3.8) is 0 Å². The Labute approximate surface area is 220 Å². The van der Waals surface area contributed by atoms with Gasteiger partial charge in [0.1, 0.15) is 11.3 Å². The molecule has 3 aromatic rings. The molecule has 0 aliphatic carbocycles. The second-order valence-corrected chi connectivity index (χ2v) is 9.41. The van der Waals surface area contributed by atoms with E-state index in [2.05, 4.69) is 37.2 Å². The van der Waals surface area contributed by atoms with Gasteiger partial charge in [0, 0.05) is 14.5 Å². The molecule has 2 heterocycles. The molecular formula is C25H14Br2N2O7. The van der Waals surface area contributed by atoms with Gasteiger partial charge in [-0.1, -0.05) is 31.9 Å². The maximum atomic E-state index is 13.2. The fourth-order valence-corrected chi connectivity index (χ4v) is 4.19. The van der Waals surface area contributed by atoms with Gasteiger partial charge in [0.15, 0.2) is 11.5 Å². The zero-order valence-electron chi connectivity index (χ0n) is 18.1. The number of anilines is 1. The number of halogens is 2. The van der Waals surface area contributed by atoms with Crippen LogP contribution in [-0.2, 0) is 9.59 Å². The van der Waals surface area contributed by atoms with Crippen molar-refractivity contribution in [3.05, 3.63) is 86.3 Å². The fourth-order valence-electron chi connectivity index (χ4n) is 3.54. The molecule has 3 aromatic carbocycles. The van der Waals surface area contributed by atoms with Gasteiger partial charge in [-0.05, 0) is 66.7 Å². The van der Waals surface area contributed by atoms with Crippen molar-refractivity contribution in [1.29, 1.82) is 0 Å². The monoisotopic (exact) mass is 612 g/mol. The van der Waals surface area contributed by atoms with E-state index in [0.29, 0.717) is 16.0 Å². The summed E-state index contributed by atoms with van der Waals surface area (Å²) in [5, 5.41) is 2.17. The minimum Gasteiger partial charge on any atom is -0.454 e. The maximum Gasteiger partial charge on any atom is 0.343 e. The molecule has 5 rings (SSSR count). The molecule has 0 bridgehead atoms. The number of rotatable bonds is 4. The highest BCUT2D eigenvalue weighted by Crippen LogP contribution is 2.34. The number of ether oxygens (including phenoxy) is 3. The first-order valence-corrected chi connectivity index (χ1v) is 12.0. The molecule has 2 aliphatic rings. The Morgan fingerprint density at radius 1 is 0.917 bits per heavy atom. The summed E-state index contributed by atoms with van der Waals surface area (Å²) < 4.78 is 17.5. The van der Waals surface area contributed by atoms with Gasteiger partial charge in [-0.15, -0.1) is 0 Å². The Balaban J connectivity index is 1.47. The van der Waals surface area contributed by atoms with Crippen LogP contribution in [0.25, 0.3) is 6.08 Å². The zero-order valence-corrected chi connectivity index (χ0v) is 21.3. The molecule has 1 fully saturated rings. The van der Waals surface area contributed by atoms with Crippen molar-refractivity contribution >= 4 is 67.4 Å². The van der Waals surface area contributed by atoms with Crippen LogP contribution in [0.3, 0.4) is 0 Å². The number of barbiturate groups is 1. The van der Waals surface area contributed by atoms with Gasteiger partial charge in [0.05, 0.1) is 11.3 Å². The first-order valence-electron chi connectivity index (χ1n) is 10.4. The lowest BCUT2D eigenvalue weighted by Crippen LogP contribution is -2.54.